The summed E-state index contributed by atoms with van der Waals surface area (Å²) in [5.41, 5.74) is 3.17. The van der Waals surface area contributed by atoms with Crippen molar-refractivity contribution in [2.24, 2.45) is 5.92 Å². The third kappa shape index (κ3) is 3.89. The van der Waals surface area contributed by atoms with E-state index < -0.39 is 0 Å². The van der Waals surface area contributed by atoms with Gasteiger partial charge in [0.25, 0.3) is 5.91 Å². The molecule has 1 fully saturated rings. The number of nitrogens with one attached hydrogen (secondary N) is 1. The average Bonchev–Trinajstić information content (AvgIpc) is 2.50. The summed E-state index contributed by atoms with van der Waals surface area (Å²) in [6.07, 6.45) is 6.29. The molecule has 1 aromatic rings. The molecule has 4 heteroatoms. The molecule has 3 nitrogen and oxygen atoms in total. The highest BCUT2D eigenvalue weighted by Gasteiger charge is 2.23. The molecule has 1 amide bonds. The normalized spacial score (nSPS) is 17.1. The van der Waals surface area contributed by atoms with E-state index in [0.29, 0.717) is 17.0 Å². The molecule has 1 aromatic carbocycles. The fourth-order valence-corrected chi connectivity index (χ4v) is 3.90. The van der Waals surface area contributed by atoms with E-state index in [2.05, 4.69) is 12.2 Å². The molecule has 2 rings (SSSR count). The van der Waals surface area contributed by atoms with Gasteiger partial charge in [-0.1, -0.05) is 19.3 Å². The van der Waals surface area contributed by atoms with Crippen molar-refractivity contribution in [2.75, 3.05) is 0 Å². The van der Waals surface area contributed by atoms with Gasteiger partial charge in [0.2, 0.25) is 3.79 Å². The summed E-state index contributed by atoms with van der Waals surface area (Å²) in [4.78, 5) is 24.1. The first-order chi connectivity index (χ1) is 10.4. The molecule has 1 atom stereocenters. The summed E-state index contributed by atoms with van der Waals surface area (Å²) in [6.45, 7) is 5.93. The van der Waals surface area contributed by atoms with Gasteiger partial charge in [-0.15, -0.1) is 0 Å². The van der Waals surface area contributed by atoms with E-state index in [-0.39, 0.29) is 15.7 Å². The van der Waals surface area contributed by atoms with Crippen LogP contribution in [0.15, 0.2) is 12.1 Å². The fourth-order valence-electron chi connectivity index (χ4n) is 3.32. The smallest absolute Gasteiger partial charge is 0.251 e. The number of rotatable bonds is 4. The standard InChI is InChI=1S/C18H24INO2/c1-11-12(2)16(10-9-15(11)17(19)21)18(22)20-13(3)14-7-5-4-6-8-14/h9-10,13-14H,4-8H2,1-3H3,(H,20,22). The van der Waals surface area contributed by atoms with Crippen LogP contribution in [0.25, 0.3) is 0 Å². The molecule has 1 aliphatic carbocycles. The van der Waals surface area contributed by atoms with Gasteiger partial charge in [-0.05, 0) is 62.8 Å². The van der Waals surface area contributed by atoms with E-state index in [4.69, 9.17) is 0 Å². The first kappa shape index (κ1) is 17.4. The van der Waals surface area contributed by atoms with Gasteiger partial charge in [0.05, 0.1) is 0 Å². The van der Waals surface area contributed by atoms with Crippen LogP contribution in [0.5, 0.6) is 0 Å². The van der Waals surface area contributed by atoms with Crippen molar-refractivity contribution in [3.63, 3.8) is 0 Å². The Bertz CT molecular complexity index is 577. The van der Waals surface area contributed by atoms with Crippen LogP contribution >= 0.6 is 22.6 Å². The van der Waals surface area contributed by atoms with Crippen LogP contribution in [-0.2, 0) is 0 Å². The minimum Gasteiger partial charge on any atom is -0.349 e. The molecule has 0 aliphatic heterocycles. The van der Waals surface area contributed by atoms with Crippen molar-refractivity contribution >= 4 is 32.3 Å². The number of halogens is 1. The van der Waals surface area contributed by atoms with E-state index in [9.17, 15) is 9.59 Å². The third-order valence-electron chi connectivity index (χ3n) is 4.96. The molecule has 0 heterocycles. The van der Waals surface area contributed by atoms with Gasteiger partial charge in [0.15, 0.2) is 0 Å². The number of amides is 1. The SMILES string of the molecule is Cc1c(C(=O)I)ccc(C(=O)NC(C)C2CCCCC2)c1C. The Morgan fingerprint density at radius 1 is 1.09 bits per heavy atom. The first-order valence-corrected chi connectivity index (χ1v) is 9.10. The van der Waals surface area contributed by atoms with Gasteiger partial charge in [-0.25, -0.2) is 0 Å². The Morgan fingerprint density at radius 3 is 2.23 bits per heavy atom. The molecular weight excluding hydrogens is 389 g/mol. The van der Waals surface area contributed by atoms with Crippen molar-refractivity contribution in [2.45, 2.75) is 58.9 Å². The molecule has 1 unspecified atom stereocenters. The van der Waals surface area contributed by atoms with E-state index >= 15 is 0 Å². The van der Waals surface area contributed by atoms with E-state index in [1.165, 1.54) is 32.1 Å². The molecule has 0 bridgehead atoms. The minimum absolute atomic E-state index is 0.0146. The summed E-state index contributed by atoms with van der Waals surface area (Å²) < 4.78 is 0.0146. The highest BCUT2D eigenvalue weighted by atomic mass is 127. The van der Waals surface area contributed by atoms with Crippen LogP contribution in [-0.4, -0.2) is 15.7 Å². The van der Waals surface area contributed by atoms with Crippen molar-refractivity contribution in [3.8, 4) is 0 Å². The number of carbonyl (C=O) groups is 2. The van der Waals surface area contributed by atoms with E-state index in [0.717, 1.165) is 11.1 Å². The Kier molecular flexibility index (Phi) is 6.01. The Hall–Kier alpha value is -0.910. The van der Waals surface area contributed by atoms with Gasteiger partial charge >= 0.3 is 0 Å². The lowest BCUT2D eigenvalue weighted by molar-refractivity contribution is 0.0918. The van der Waals surface area contributed by atoms with Gasteiger partial charge in [0.1, 0.15) is 0 Å². The van der Waals surface area contributed by atoms with Crippen molar-refractivity contribution in [1.29, 1.82) is 0 Å². The number of hydrogen-bond donors (Lipinski definition) is 1. The van der Waals surface area contributed by atoms with Crippen molar-refractivity contribution in [1.82, 2.24) is 5.32 Å². The quantitative estimate of drug-likeness (QED) is 0.581. The molecule has 22 heavy (non-hydrogen) atoms. The summed E-state index contributed by atoms with van der Waals surface area (Å²) >= 11 is 1.79. The molecule has 0 saturated heterocycles. The van der Waals surface area contributed by atoms with Crippen LogP contribution in [0, 0.1) is 19.8 Å². The maximum absolute atomic E-state index is 12.6. The van der Waals surface area contributed by atoms with Crippen molar-refractivity contribution < 1.29 is 9.59 Å². The Labute approximate surface area is 146 Å². The molecule has 120 valence electrons. The minimum atomic E-state index is -0.0221. The largest absolute Gasteiger partial charge is 0.349 e. The lowest BCUT2D eigenvalue weighted by Gasteiger charge is -2.28. The topological polar surface area (TPSA) is 46.2 Å². The van der Waals surface area contributed by atoms with Gasteiger partial charge in [0, 0.05) is 39.8 Å². The summed E-state index contributed by atoms with van der Waals surface area (Å²) in [7, 11) is 0. The molecule has 0 aromatic heterocycles. The van der Waals surface area contributed by atoms with Crippen LogP contribution in [0.1, 0.15) is 70.9 Å². The predicted octanol–water partition coefficient (Wildman–Crippen LogP) is 4.58. The second kappa shape index (κ2) is 7.57. The highest BCUT2D eigenvalue weighted by molar-refractivity contribution is 14.1. The van der Waals surface area contributed by atoms with Crippen molar-refractivity contribution in [3.05, 3.63) is 34.4 Å². The second-order valence-corrected chi connectivity index (χ2v) is 7.32. The maximum atomic E-state index is 12.6. The van der Waals surface area contributed by atoms with Gasteiger partial charge in [-0.2, -0.15) is 0 Å². The molecule has 0 radical (unpaired) electrons. The van der Waals surface area contributed by atoms with Gasteiger partial charge < -0.3 is 5.32 Å². The monoisotopic (exact) mass is 413 g/mol. The number of benzene rings is 1. The summed E-state index contributed by atoms with van der Waals surface area (Å²) in [5, 5.41) is 3.16. The lowest BCUT2D eigenvalue weighted by Crippen LogP contribution is -2.39. The summed E-state index contributed by atoms with van der Waals surface area (Å²) in [6, 6.07) is 3.74. The number of carbonyl (C=O) groups excluding carboxylic acids is 2. The molecule has 1 aliphatic rings. The van der Waals surface area contributed by atoms with E-state index in [1.807, 2.05) is 13.8 Å². The average molecular weight is 413 g/mol. The number of hydrogen-bond acceptors (Lipinski definition) is 2. The highest BCUT2D eigenvalue weighted by Crippen LogP contribution is 2.27. The third-order valence-corrected chi connectivity index (χ3v) is 5.54. The first-order valence-electron chi connectivity index (χ1n) is 8.02. The molecular formula is C18H24INO2. The van der Waals surface area contributed by atoms with E-state index in [1.54, 1.807) is 34.7 Å². The van der Waals surface area contributed by atoms with Crippen LogP contribution in [0.3, 0.4) is 0 Å². The molecule has 1 N–H and O–H groups in total. The maximum Gasteiger partial charge on any atom is 0.251 e. The zero-order valence-electron chi connectivity index (χ0n) is 13.5. The Morgan fingerprint density at radius 2 is 1.64 bits per heavy atom. The molecule has 1 saturated carbocycles. The zero-order valence-corrected chi connectivity index (χ0v) is 15.7. The lowest BCUT2D eigenvalue weighted by atomic mass is 9.84. The second-order valence-electron chi connectivity index (χ2n) is 6.34. The van der Waals surface area contributed by atoms with Crippen LogP contribution in [0.2, 0.25) is 0 Å². The predicted molar refractivity (Wildman–Crippen MR) is 97.8 cm³/mol. The fraction of sp³-hybridized carbons (Fsp3) is 0.556. The van der Waals surface area contributed by atoms with Crippen LogP contribution < -0.4 is 5.32 Å². The Balaban J connectivity index is 2.12. The molecule has 0 spiro atoms. The van der Waals surface area contributed by atoms with Gasteiger partial charge in [-0.3, -0.25) is 9.59 Å². The summed E-state index contributed by atoms with van der Waals surface area (Å²) in [5.74, 6) is 0.570. The zero-order chi connectivity index (χ0) is 16.3. The van der Waals surface area contributed by atoms with Crippen LogP contribution in [0.4, 0.5) is 0 Å².